The predicted octanol–water partition coefficient (Wildman–Crippen LogP) is 1.58. The van der Waals surface area contributed by atoms with Crippen LogP contribution in [0.4, 0.5) is 0 Å². The summed E-state index contributed by atoms with van der Waals surface area (Å²) >= 11 is 0. The van der Waals surface area contributed by atoms with Gasteiger partial charge in [0.2, 0.25) is 0 Å². The van der Waals surface area contributed by atoms with Crippen LogP contribution in [0.25, 0.3) is 0 Å². The standard InChI is InChI=1S/C15H17N3O2/c1-10-6-4-5-7-12(10)11(2)16-15(20)13-8-9-14(19)18(3)17-13/h4-9,11H,1-3H3,(H,16,20)/t11-/m1/s1. The molecule has 0 radical (unpaired) electrons. The number of amides is 1. The van der Waals surface area contributed by atoms with Crippen molar-refractivity contribution in [3.05, 3.63) is 63.6 Å². The first-order chi connectivity index (χ1) is 9.49. The Morgan fingerprint density at radius 3 is 2.60 bits per heavy atom. The van der Waals surface area contributed by atoms with Gasteiger partial charge in [0, 0.05) is 13.1 Å². The topological polar surface area (TPSA) is 64.0 Å². The van der Waals surface area contributed by atoms with Gasteiger partial charge in [-0.15, -0.1) is 0 Å². The second kappa shape index (κ2) is 5.69. The largest absolute Gasteiger partial charge is 0.344 e. The first-order valence-electron chi connectivity index (χ1n) is 6.40. The number of hydrogen-bond acceptors (Lipinski definition) is 3. The van der Waals surface area contributed by atoms with Gasteiger partial charge in [0.1, 0.15) is 5.69 Å². The number of hydrogen-bond donors (Lipinski definition) is 1. The molecule has 2 rings (SSSR count). The second-order valence-corrected chi connectivity index (χ2v) is 4.73. The molecule has 1 N–H and O–H groups in total. The van der Waals surface area contributed by atoms with Crippen LogP contribution in [0.3, 0.4) is 0 Å². The number of aromatic nitrogens is 2. The smallest absolute Gasteiger partial charge is 0.272 e. The molecule has 1 amide bonds. The molecule has 1 aromatic heterocycles. The monoisotopic (exact) mass is 271 g/mol. The molecular weight excluding hydrogens is 254 g/mol. The molecule has 5 heteroatoms. The summed E-state index contributed by atoms with van der Waals surface area (Å²) in [6.07, 6.45) is 0. The summed E-state index contributed by atoms with van der Waals surface area (Å²) in [5, 5.41) is 6.82. The van der Waals surface area contributed by atoms with Gasteiger partial charge in [-0.2, -0.15) is 5.10 Å². The van der Waals surface area contributed by atoms with E-state index < -0.39 is 0 Å². The molecule has 0 spiro atoms. The number of nitrogens with zero attached hydrogens (tertiary/aromatic N) is 2. The number of carbonyl (C=O) groups is 1. The first-order valence-corrected chi connectivity index (χ1v) is 6.40. The lowest BCUT2D eigenvalue weighted by molar-refractivity contribution is 0.0932. The van der Waals surface area contributed by atoms with Crippen molar-refractivity contribution in [3.8, 4) is 0 Å². The average molecular weight is 271 g/mol. The molecule has 0 aliphatic heterocycles. The van der Waals surface area contributed by atoms with E-state index in [1.165, 1.54) is 19.2 Å². The Bertz CT molecular complexity index is 692. The van der Waals surface area contributed by atoms with Crippen molar-refractivity contribution in [2.45, 2.75) is 19.9 Å². The van der Waals surface area contributed by atoms with Crippen molar-refractivity contribution in [2.24, 2.45) is 7.05 Å². The number of aryl methyl sites for hydroxylation is 2. The van der Waals surface area contributed by atoms with Crippen LogP contribution in [-0.2, 0) is 7.05 Å². The maximum Gasteiger partial charge on any atom is 0.272 e. The normalized spacial score (nSPS) is 11.9. The Hall–Kier alpha value is -2.43. The molecule has 0 unspecified atom stereocenters. The van der Waals surface area contributed by atoms with Crippen molar-refractivity contribution in [3.63, 3.8) is 0 Å². The third-order valence-corrected chi connectivity index (χ3v) is 3.20. The maximum atomic E-state index is 12.1. The van der Waals surface area contributed by atoms with Crippen LogP contribution in [-0.4, -0.2) is 15.7 Å². The molecule has 0 bridgehead atoms. The minimum absolute atomic E-state index is 0.122. The van der Waals surface area contributed by atoms with Gasteiger partial charge in [0.05, 0.1) is 6.04 Å². The van der Waals surface area contributed by atoms with E-state index in [-0.39, 0.29) is 23.2 Å². The molecule has 104 valence electrons. The van der Waals surface area contributed by atoms with Gasteiger partial charge in [-0.05, 0) is 31.0 Å². The van der Waals surface area contributed by atoms with Gasteiger partial charge in [-0.25, -0.2) is 4.68 Å². The highest BCUT2D eigenvalue weighted by atomic mass is 16.2. The Labute approximate surface area is 117 Å². The fraction of sp³-hybridized carbons (Fsp3) is 0.267. The molecule has 20 heavy (non-hydrogen) atoms. The highest BCUT2D eigenvalue weighted by Gasteiger charge is 2.14. The first kappa shape index (κ1) is 14.0. The molecule has 1 atom stereocenters. The summed E-state index contributed by atoms with van der Waals surface area (Å²) in [6.45, 7) is 3.92. The van der Waals surface area contributed by atoms with Crippen LogP contribution in [0, 0.1) is 6.92 Å². The summed E-state index contributed by atoms with van der Waals surface area (Å²) < 4.78 is 1.15. The Morgan fingerprint density at radius 1 is 1.25 bits per heavy atom. The number of carbonyl (C=O) groups excluding carboxylic acids is 1. The molecule has 5 nitrogen and oxygen atoms in total. The minimum atomic E-state index is -0.295. The van der Waals surface area contributed by atoms with Crippen molar-refractivity contribution >= 4 is 5.91 Å². The molecule has 0 saturated heterocycles. The van der Waals surface area contributed by atoms with E-state index in [0.29, 0.717) is 0 Å². The highest BCUT2D eigenvalue weighted by molar-refractivity contribution is 5.92. The summed E-state index contributed by atoms with van der Waals surface area (Å²) in [6, 6.07) is 10.5. The second-order valence-electron chi connectivity index (χ2n) is 4.73. The van der Waals surface area contributed by atoms with E-state index in [1.807, 2.05) is 38.1 Å². The summed E-state index contributed by atoms with van der Waals surface area (Å²) in [7, 11) is 1.52. The average Bonchev–Trinajstić information content (AvgIpc) is 2.42. The Morgan fingerprint density at radius 2 is 1.95 bits per heavy atom. The third kappa shape index (κ3) is 2.93. The zero-order valence-electron chi connectivity index (χ0n) is 11.8. The van der Waals surface area contributed by atoms with Crippen molar-refractivity contribution in [1.29, 1.82) is 0 Å². The van der Waals surface area contributed by atoms with Gasteiger partial charge in [-0.1, -0.05) is 24.3 Å². The molecule has 1 heterocycles. The van der Waals surface area contributed by atoms with Gasteiger partial charge in [-0.3, -0.25) is 9.59 Å². The van der Waals surface area contributed by atoms with Crippen molar-refractivity contribution in [1.82, 2.24) is 15.1 Å². The van der Waals surface area contributed by atoms with Gasteiger partial charge < -0.3 is 5.32 Å². The zero-order valence-corrected chi connectivity index (χ0v) is 11.8. The lowest BCUT2D eigenvalue weighted by Crippen LogP contribution is -2.30. The Kier molecular flexibility index (Phi) is 3.98. The minimum Gasteiger partial charge on any atom is -0.344 e. The molecule has 2 aromatic rings. The van der Waals surface area contributed by atoms with E-state index >= 15 is 0 Å². The lowest BCUT2D eigenvalue weighted by Gasteiger charge is -2.16. The molecule has 1 aromatic carbocycles. The quantitative estimate of drug-likeness (QED) is 0.921. The lowest BCUT2D eigenvalue weighted by atomic mass is 10.0. The molecule has 0 saturated carbocycles. The van der Waals surface area contributed by atoms with Crippen LogP contribution in [0.1, 0.15) is 34.6 Å². The molecule has 0 aliphatic rings. The summed E-state index contributed by atoms with van der Waals surface area (Å²) in [5.74, 6) is -0.295. The summed E-state index contributed by atoms with van der Waals surface area (Å²) in [5.41, 5.74) is 2.17. The highest BCUT2D eigenvalue weighted by Crippen LogP contribution is 2.16. The molecule has 0 fully saturated rings. The fourth-order valence-corrected chi connectivity index (χ4v) is 2.04. The number of benzene rings is 1. The van der Waals surface area contributed by atoms with Gasteiger partial charge in [0.15, 0.2) is 0 Å². The molecular formula is C15H17N3O2. The van der Waals surface area contributed by atoms with Crippen LogP contribution in [0.15, 0.2) is 41.2 Å². The van der Waals surface area contributed by atoms with Crippen molar-refractivity contribution in [2.75, 3.05) is 0 Å². The Balaban J connectivity index is 2.17. The van der Waals surface area contributed by atoms with Gasteiger partial charge in [0.25, 0.3) is 11.5 Å². The van der Waals surface area contributed by atoms with Crippen molar-refractivity contribution < 1.29 is 4.79 Å². The zero-order chi connectivity index (χ0) is 14.7. The van der Waals surface area contributed by atoms with E-state index in [1.54, 1.807) is 0 Å². The number of rotatable bonds is 3. The predicted molar refractivity (Wildman–Crippen MR) is 76.5 cm³/mol. The molecule has 0 aliphatic carbocycles. The van der Waals surface area contributed by atoms with E-state index in [4.69, 9.17) is 0 Å². The van der Waals surface area contributed by atoms with Crippen LogP contribution >= 0.6 is 0 Å². The van der Waals surface area contributed by atoms with Crippen LogP contribution in [0.2, 0.25) is 0 Å². The van der Waals surface area contributed by atoms with E-state index in [2.05, 4.69) is 10.4 Å². The summed E-state index contributed by atoms with van der Waals surface area (Å²) in [4.78, 5) is 23.4. The number of nitrogens with one attached hydrogen (secondary N) is 1. The maximum absolute atomic E-state index is 12.1. The van der Waals surface area contributed by atoms with E-state index in [0.717, 1.165) is 15.8 Å². The van der Waals surface area contributed by atoms with E-state index in [9.17, 15) is 9.59 Å². The SMILES string of the molecule is Cc1ccccc1[C@@H](C)NC(=O)c1ccc(=O)n(C)n1. The third-order valence-electron chi connectivity index (χ3n) is 3.20. The fourth-order valence-electron chi connectivity index (χ4n) is 2.04. The van der Waals surface area contributed by atoms with Crippen LogP contribution < -0.4 is 10.9 Å². The van der Waals surface area contributed by atoms with Gasteiger partial charge >= 0.3 is 0 Å². The van der Waals surface area contributed by atoms with Crippen LogP contribution in [0.5, 0.6) is 0 Å².